The Morgan fingerprint density at radius 1 is 1.10 bits per heavy atom. The molecule has 1 saturated heterocycles. The zero-order valence-electron chi connectivity index (χ0n) is 17.4. The summed E-state index contributed by atoms with van der Waals surface area (Å²) in [6.07, 6.45) is 0.976. The fraction of sp³-hybridized carbons (Fsp3) is 0.435. The lowest BCUT2D eigenvalue weighted by Gasteiger charge is -2.43. The first-order valence-corrected chi connectivity index (χ1v) is 9.94. The fourth-order valence-corrected chi connectivity index (χ4v) is 4.11. The summed E-state index contributed by atoms with van der Waals surface area (Å²) in [4.78, 5) is 14.1. The molecule has 156 valence electrons. The monoisotopic (exact) mass is 398 g/mol. The van der Waals surface area contributed by atoms with Crippen LogP contribution in [-0.2, 0) is 10.3 Å². The maximum Gasteiger partial charge on any atom is 0.217 e. The topological polar surface area (TPSA) is 71.0 Å². The van der Waals surface area contributed by atoms with Gasteiger partial charge in [-0.1, -0.05) is 36.4 Å². The van der Waals surface area contributed by atoms with Crippen LogP contribution in [-0.4, -0.2) is 49.8 Å². The number of methoxy groups -OCH3 is 2. The summed E-state index contributed by atoms with van der Waals surface area (Å²) in [6, 6.07) is 15.6. The number of aliphatic hydroxyl groups is 1. The molecule has 0 bridgehead atoms. The number of β-amino-alcohol motifs (C(OH)–C–C–N with tert-alkyl or cyclic N) is 1. The zero-order valence-corrected chi connectivity index (χ0v) is 17.4. The van der Waals surface area contributed by atoms with E-state index >= 15 is 0 Å². The predicted molar refractivity (Wildman–Crippen MR) is 112 cm³/mol. The van der Waals surface area contributed by atoms with Crippen molar-refractivity contribution < 1.29 is 19.4 Å². The molecule has 6 nitrogen and oxygen atoms in total. The minimum atomic E-state index is -0.625. The van der Waals surface area contributed by atoms with Crippen LogP contribution in [0.15, 0.2) is 48.5 Å². The van der Waals surface area contributed by atoms with E-state index in [2.05, 4.69) is 22.3 Å². The molecular weight excluding hydrogens is 368 g/mol. The van der Waals surface area contributed by atoms with Crippen LogP contribution in [0.1, 0.15) is 37.0 Å². The van der Waals surface area contributed by atoms with Gasteiger partial charge in [-0.15, -0.1) is 0 Å². The molecule has 0 saturated carbocycles. The van der Waals surface area contributed by atoms with Gasteiger partial charge < -0.3 is 24.8 Å². The smallest absolute Gasteiger partial charge is 0.217 e. The number of ether oxygens (including phenoxy) is 2. The largest absolute Gasteiger partial charge is 0.493 e. The highest BCUT2D eigenvalue weighted by atomic mass is 16.5. The number of carbonyl (C=O) groups excluding carboxylic acids is 1. The number of rotatable bonds is 7. The van der Waals surface area contributed by atoms with E-state index in [1.807, 2.05) is 36.4 Å². The third-order valence-corrected chi connectivity index (χ3v) is 5.67. The lowest BCUT2D eigenvalue weighted by Crippen LogP contribution is -2.53. The number of carbonyl (C=O) groups is 1. The Balaban J connectivity index is 1.67. The van der Waals surface area contributed by atoms with E-state index in [0.717, 1.165) is 37.1 Å². The molecule has 2 aromatic carbocycles. The van der Waals surface area contributed by atoms with Gasteiger partial charge in [0, 0.05) is 26.6 Å². The van der Waals surface area contributed by atoms with Crippen LogP contribution in [0.4, 0.5) is 0 Å². The number of aliphatic hydroxyl groups excluding tert-OH is 1. The summed E-state index contributed by atoms with van der Waals surface area (Å²) in [7, 11) is 3.18. The number of piperidine rings is 1. The van der Waals surface area contributed by atoms with Crippen molar-refractivity contribution in [2.24, 2.45) is 0 Å². The number of likely N-dealkylation sites (tertiary alicyclic amines) is 1. The molecule has 6 heteroatoms. The number of hydrogen-bond donors (Lipinski definition) is 2. The average Bonchev–Trinajstić information content (AvgIpc) is 2.75. The van der Waals surface area contributed by atoms with Gasteiger partial charge in [0.1, 0.15) is 0 Å². The second-order valence-electron chi connectivity index (χ2n) is 7.56. The van der Waals surface area contributed by atoms with Crippen LogP contribution < -0.4 is 14.8 Å². The van der Waals surface area contributed by atoms with Gasteiger partial charge in [0.25, 0.3) is 0 Å². The van der Waals surface area contributed by atoms with E-state index in [1.165, 1.54) is 0 Å². The number of hydrogen-bond acceptors (Lipinski definition) is 5. The van der Waals surface area contributed by atoms with Gasteiger partial charge in [0.05, 0.1) is 25.9 Å². The van der Waals surface area contributed by atoms with E-state index in [0.29, 0.717) is 18.0 Å². The van der Waals surface area contributed by atoms with Crippen LogP contribution in [0.3, 0.4) is 0 Å². The third kappa shape index (κ3) is 4.89. The summed E-state index contributed by atoms with van der Waals surface area (Å²) in [6.45, 7) is 3.68. The van der Waals surface area contributed by atoms with E-state index in [1.54, 1.807) is 21.1 Å². The van der Waals surface area contributed by atoms with Crippen molar-refractivity contribution in [2.75, 3.05) is 33.9 Å². The molecule has 1 amide bonds. The number of benzene rings is 2. The van der Waals surface area contributed by atoms with Crippen LogP contribution in [0.25, 0.3) is 0 Å². The van der Waals surface area contributed by atoms with Crippen LogP contribution in [0.5, 0.6) is 11.5 Å². The van der Waals surface area contributed by atoms with E-state index in [9.17, 15) is 9.90 Å². The maximum absolute atomic E-state index is 11.9. The summed E-state index contributed by atoms with van der Waals surface area (Å²) in [5.74, 6) is 1.23. The van der Waals surface area contributed by atoms with Gasteiger partial charge >= 0.3 is 0 Å². The Kier molecular flexibility index (Phi) is 6.77. The fourth-order valence-electron chi connectivity index (χ4n) is 4.11. The molecule has 2 aromatic rings. The minimum absolute atomic E-state index is 0.0207. The highest BCUT2D eigenvalue weighted by molar-refractivity contribution is 5.74. The first kappa shape index (κ1) is 21.1. The van der Waals surface area contributed by atoms with E-state index in [-0.39, 0.29) is 11.4 Å². The molecule has 2 N–H and O–H groups in total. The molecule has 1 atom stereocenters. The quantitative estimate of drug-likeness (QED) is 0.751. The lowest BCUT2D eigenvalue weighted by molar-refractivity contribution is -0.121. The normalized spacial score (nSPS) is 17.4. The molecule has 1 heterocycles. The molecule has 29 heavy (non-hydrogen) atoms. The molecule has 1 fully saturated rings. The number of nitrogens with one attached hydrogen (secondary N) is 1. The van der Waals surface area contributed by atoms with Crippen molar-refractivity contribution in [1.82, 2.24) is 10.2 Å². The molecule has 1 aliphatic heterocycles. The van der Waals surface area contributed by atoms with Gasteiger partial charge in [0.15, 0.2) is 11.5 Å². The SMILES string of the molecule is COc1ccc([C@@H](O)CN2CCC(NC(C)=O)(c3ccccc3)CC2)cc1OC. The van der Waals surface area contributed by atoms with Crippen molar-refractivity contribution >= 4 is 5.91 Å². The van der Waals surface area contributed by atoms with Gasteiger partial charge in [-0.05, 0) is 36.1 Å². The second kappa shape index (κ2) is 9.29. The number of amides is 1. The summed E-state index contributed by atoms with van der Waals surface area (Å²) < 4.78 is 10.6. The summed E-state index contributed by atoms with van der Waals surface area (Å²) in [5, 5.41) is 13.9. The van der Waals surface area contributed by atoms with Gasteiger partial charge in [-0.2, -0.15) is 0 Å². The Morgan fingerprint density at radius 3 is 2.34 bits per heavy atom. The first-order chi connectivity index (χ1) is 14.0. The molecule has 0 unspecified atom stereocenters. The van der Waals surface area contributed by atoms with Crippen LogP contribution >= 0.6 is 0 Å². The maximum atomic E-state index is 11.9. The van der Waals surface area contributed by atoms with Crippen molar-refractivity contribution in [3.63, 3.8) is 0 Å². The van der Waals surface area contributed by atoms with Crippen LogP contribution in [0.2, 0.25) is 0 Å². The summed E-state index contributed by atoms with van der Waals surface area (Å²) >= 11 is 0. The minimum Gasteiger partial charge on any atom is -0.493 e. The summed E-state index contributed by atoms with van der Waals surface area (Å²) in [5.41, 5.74) is 1.58. The second-order valence-corrected chi connectivity index (χ2v) is 7.56. The molecule has 0 aromatic heterocycles. The highest BCUT2D eigenvalue weighted by Gasteiger charge is 2.37. The Labute approximate surface area is 172 Å². The van der Waals surface area contributed by atoms with Crippen molar-refractivity contribution in [2.45, 2.75) is 31.4 Å². The van der Waals surface area contributed by atoms with Crippen LogP contribution in [0, 0.1) is 0 Å². The zero-order chi connectivity index (χ0) is 20.9. The molecule has 0 aliphatic carbocycles. The molecule has 0 spiro atoms. The predicted octanol–water partition coefficient (Wildman–Crippen LogP) is 2.86. The van der Waals surface area contributed by atoms with Gasteiger partial charge in [0.2, 0.25) is 5.91 Å². The number of nitrogens with zero attached hydrogens (tertiary/aromatic N) is 1. The van der Waals surface area contributed by atoms with Crippen molar-refractivity contribution in [1.29, 1.82) is 0 Å². The molecule has 3 rings (SSSR count). The highest BCUT2D eigenvalue weighted by Crippen LogP contribution is 2.34. The van der Waals surface area contributed by atoms with Gasteiger partial charge in [-0.25, -0.2) is 0 Å². The Morgan fingerprint density at radius 2 is 1.76 bits per heavy atom. The lowest BCUT2D eigenvalue weighted by atomic mass is 9.80. The average molecular weight is 399 g/mol. The van der Waals surface area contributed by atoms with E-state index < -0.39 is 6.10 Å². The third-order valence-electron chi connectivity index (χ3n) is 5.67. The molecular formula is C23H30N2O4. The van der Waals surface area contributed by atoms with Crippen molar-refractivity contribution in [3.8, 4) is 11.5 Å². The Bertz CT molecular complexity index is 817. The molecule has 0 radical (unpaired) electrons. The van der Waals surface area contributed by atoms with Crippen molar-refractivity contribution in [3.05, 3.63) is 59.7 Å². The van der Waals surface area contributed by atoms with Gasteiger partial charge in [-0.3, -0.25) is 4.79 Å². The first-order valence-electron chi connectivity index (χ1n) is 9.94. The standard InChI is InChI=1S/C23H30N2O4/c1-17(26)24-23(19-7-5-4-6-8-19)11-13-25(14-12-23)16-20(27)18-9-10-21(28-2)22(15-18)29-3/h4-10,15,20,27H,11-14,16H2,1-3H3,(H,24,26)/t20-/m0/s1. The Hall–Kier alpha value is -2.57. The van der Waals surface area contributed by atoms with E-state index in [4.69, 9.17) is 9.47 Å². The molecule has 1 aliphatic rings.